The Morgan fingerprint density at radius 2 is 1.80 bits per heavy atom. The minimum atomic E-state index is -0.370. The molecule has 2 aromatic heterocycles. The van der Waals surface area contributed by atoms with Gasteiger partial charge in [0, 0.05) is 28.8 Å². The van der Waals surface area contributed by atoms with E-state index >= 15 is 0 Å². The Morgan fingerprint density at radius 3 is 2.52 bits per heavy atom. The number of anilines is 3. The fraction of sp³-hybridized carbons (Fsp3) is 0.412. The van der Waals surface area contributed by atoms with Crippen LogP contribution in [0.3, 0.4) is 0 Å². The maximum Gasteiger partial charge on any atom is 0.338 e. The van der Waals surface area contributed by atoms with Crippen molar-refractivity contribution >= 4 is 23.2 Å². The third kappa shape index (κ3) is 5.01. The topological polar surface area (TPSA) is 126 Å². The molecule has 4 aliphatic heterocycles. The third-order valence-corrected chi connectivity index (χ3v) is 9.97. The highest BCUT2D eigenvalue weighted by atomic mass is 16.5. The number of nitrogens with zero attached hydrogens (tertiary/aromatic N) is 4. The maximum atomic E-state index is 12.6. The molecule has 228 valence electrons. The van der Waals surface area contributed by atoms with Gasteiger partial charge in [-0.05, 0) is 75.1 Å². The molecular weight excluding hydrogens is 556 g/mol. The number of carbonyl (C=O) groups excluding carboxylic acids is 1. The highest BCUT2D eigenvalue weighted by molar-refractivity contribution is 5.93. The number of ether oxygens (including phenoxy) is 1. The van der Waals surface area contributed by atoms with Gasteiger partial charge < -0.3 is 29.9 Å². The lowest BCUT2D eigenvalue weighted by molar-refractivity contribution is 0.00969. The van der Waals surface area contributed by atoms with Crippen LogP contribution >= 0.6 is 0 Å². The quantitative estimate of drug-likeness (QED) is 0.222. The summed E-state index contributed by atoms with van der Waals surface area (Å²) in [6.45, 7) is 9.15. The molecule has 2 atom stereocenters. The van der Waals surface area contributed by atoms with Gasteiger partial charge in [0.2, 0.25) is 0 Å². The molecule has 0 saturated carbocycles. The molecule has 8 rings (SSSR count). The fourth-order valence-corrected chi connectivity index (χ4v) is 6.70. The molecule has 0 amide bonds. The number of fused-ring (bicyclic) bond motifs is 4. The summed E-state index contributed by atoms with van der Waals surface area (Å²) in [7, 11) is 0. The van der Waals surface area contributed by atoms with Gasteiger partial charge in [-0.25, -0.2) is 9.78 Å². The summed E-state index contributed by atoms with van der Waals surface area (Å²) in [4.78, 5) is 24.7. The Balaban J connectivity index is 1.24. The normalized spacial score (nSPS) is 24.3. The van der Waals surface area contributed by atoms with Gasteiger partial charge in [-0.2, -0.15) is 4.98 Å². The lowest BCUT2D eigenvalue weighted by Crippen LogP contribution is -2.51. The lowest BCUT2D eigenvalue weighted by Gasteiger charge is -2.46. The van der Waals surface area contributed by atoms with E-state index in [0.29, 0.717) is 28.5 Å². The second kappa shape index (κ2) is 11.0. The van der Waals surface area contributed by atoms with E-state index in [1.54, 1.807) is 12.3 Å². The summed E-state index contributed by atoms with van der Waals surface area (Å²) in [5.41, 5.74) is 4.23. The van der Waals surface area contributed by atoms with Crippen LogP contribution in [-0.2, 0) is 15.6 Å². The minimum Gasteiger partial charge on any atom is -0.458 e. The number of cyclic esters (lactones) is 1. The summed E-state index contributed by atoms with van der Waals surface area (Å²) >= 11 is 0. The van der Waals surface area contributed by atoms with Gasteiger partial charge in [0.15, 0.2) is 5.82 Å². The summed E-state index contributed by atoms with van der Waals surface area (Å²) in [6, 6.07) is 17.0. The molecule has 0 radical (unpaired) electrons. The number of hydrogen-bond donors (Lipinski definition) is 3. The second-order valence-electron chi connectivity index (χ2n) is 12.9. The number of benzene rings is 2. The Labute approximate surface area is 256 Å². The van der Waals surface area contributed by atoms with Gasteiger partial charge in [0.25, 0.3) is 5.89 Å². The summed E-state index contributed by atoms with van der Waals surface area (Å²) in [5.74, 6) is 1.45. The molecule has 3 N–H and O–H groups in total. The summed E-state index contributed by atoms with van der Waals surface area (Å²) < 4.78 is 11.5. The number of pyridine rings is 1. The number of aromatic nitrogens is 3. The van der Waals surface area contributed by atoms with Crippen molar-refractivity contribution in [1.82, 2.24) is 20.0 Å². The number of aliphatic hydroxyl groups excluding tert-OH is 1. The molecule has 44 heavy (non-hydrogen) atoms. The summed E-state index contributed by atoms with van der Waals surface area (Å²) in [5, 5.41) is 21.8. The van der Waals surface area contributed by atoms with Gasteiger partial charge in [0.1, 0.15) is 11.9 Å². The number of esters is 1. The zero-order chi connectivity index (χ0) is 30.5. The zero-order valence-corrected chi connectivity index (χ0v) is 25.3. The number of nitrogens with one attached hydrogen (secondary N) is 2. The van der Waals surface area contributed by atoms with Crippen molar-refractivity contribution in [3.63, 3.8) is 0 Å². The predicted molar refractivity (Wildman–Crippen MR) is 167 cm³/mol. The first kappa shape index (κ1) is 28.5. The molecule has 10 heteroatoms. The fourth-order valence-electron chi connectivity index (χ4n) is 6.70. The molecule has 0 aliphatic carbocycles. The van der Waals surface area contributed by atoms with E-state index in [0.717, 1.165) is 61.5 Å². The monoisotopic (exact) mass is 594 g/mol. The van der Waals surface area contributed by atoms with Gasteiger partial charge in [-0.1, -0.05) is 49.3 Å². The van der Waals surface area contributed by atoms with Gasteiger partial charge in [-0.3, -0.25) is 0 Å². The zero-order valence-electron chi connectivity index (χ0n) is 25.3. The SMILES string of the molecule is CC1OC(=O)c2ccc(Nc3cc(N[C@H](CO)c4ccccc4)c(-c4nc(C56CCN(CC5)CC6)no4)cn3)cc2C1(C)C. The van der Waals surface area contributed by atoms with Crippen LogP contribution < -0.4 is 10.6 Å². The number of piperidine rings is 3. The first-order valence-corrected chi connectivity index (χ1v) is 15.4. The molecule has 2 aromatic carbocycles. The van der Waals surface area contributed by atoms with Crippen LogP contribution in [0, 0.1) is 0 Å². The van der Waals surface area contributed by atoms with Crippen molar-refractivity contribution in [3.8, 4) is 11.5 Å². The number of rotatable bonds is 8. The first-order chi connectivity index (χ1) is 21.3. The molecule has 10 nitrogen and oxygen atoms in total. The van der Waals surface area contributed by atoms with E-state index in [1.807, 2.05) is 55.5 Å². The molecule has 0 spiro atoms. The number of hydrogen-bond acceptors (Lipinski definition) is 10. The lowest BCUT2D eigenvalue weighted by atomic mass is 9.71. The van der Waals surface area contributed by atoms with E-state index in [1.165, 1.54) is 0 Å². The molecule has 3 saturated heterocycles. The summed E-state index contributed by atoms with van der Waals surface area (Å²) in [6.07, 6.45) is 4.58. The van der Waals surface area contributed by atoms with Gasteiger partial charge in [-0.15, -0.1) is 0 Å². The molecule has 1 unspecified atom stereocenters. The highest BCUT2D eigenvalue weighted by Gasteiger charge is 2.44. The van der Waals surface area contributed by atoms with E-state index in [2.05, 4.69) is 34.5 Å². The van der Waals surface area contributed by atoms with Crippen molar-refractivity contribution in [2.75, 3.05) is 36.9 Å². The maximum absolute atomic E-state index is 12.6. The Hall–Kier alpha value is -4.28. The molecule has 6 heterocycles. The molecule has 4 aromatic rings. The van der Waals surface area contributed by atoms with Crippen LogP contribution in [0.2, 0.25) is 0 Å². The Kier molecular flexibility index (Phi) is 7.13. The largest absolute Gasteiger partial charge is 0.458 e. The van der Waals surface area contributed by atoms with Crippen LogP contribution in [0.5, 0.6) is 0 Å². The number of carbonyl (C=O) groups is 1. The van der Waals surface area contributed by atoms with Crippen LogP contribution in [0.1, 0.15) is 73.4 Å². The standard InChI is InChI=1S/C34H38N6O4/c1-21-33(2,3)26-17-23(9-10-24(26)31(42)43-21)36-29-18-27(37-28(20-41)22-7-5-4-6-8-22)25(19-35-29)30-38-32(39-44-30)34-11-14-40(15-12-34)16-13-34/h4-10,17-19,21,28,41H,11-16,20H2,1-3H3,(H2,35,36,37)/t21?,28-/m1/s1. The van der Waals surface area contributed by atoms with Crippen LogP contribution in [0.15, 0.2) is 65.3 Å². The van der Waals surface area contributed by atoms with E-state index in [4.69, 9.17) is 19.2 Å². The van der Waals surface area contributed by atoms with Crippen LogP contribution in [-0.4, -0.2) is 63.4 Å². The van der Waals surface area contributed by atoms with E-state index in [-0.39, 0.29) is 35.6 Å². The van der Waals surface area contributed by atoms with Gasteiger partial charge >= 0.3 is 5.97 Å². The van der Waals surface area contributed by atoms with Crippen molar-refractivity contribution in [2.45, 2.75) is 63.0 Å². The van der Waals surface area contributed by atoms with E-state index < -0.39 is 0 Å². The predicted octanol–water partition coefficient (Wildman–Crippen LogP) is 5.59. The van der Waals surface area contributed by atoms with Crippen LogP contribution in [0.4, 0.5) is 17.2 Å². The number of aliphatic hydroxyl groups is 1. The van der Waals surface area contributed by atoms with Crippen molar-refractivity contribution < 1.29 is 19.2 Å². The van der Waals surface area contributed by atoms with Crippen LogP contribution in [0.25, 0.3) is 11.5 Å². The first-order valence-electron chi connectivity index (χ1n) is 15.4. The Morgan fingerprint density at radius 1 is 1.05 bits per heavy atom. The van der Waals surface area contributed by atoms with Crippen molar-refractivity contribution in [1.29, 1.82) is 0 Å². The minimum absolute atomic E-state index is 0.0408. The highest BCUT2D eigenvalue weighted by Crippen LogP contribution is 2.43. The second-order valence-corrected chi connectivity index (χ2v) is 12.9. The third-order valence-electron chi connectivity index (χ3n) is 9.97. The molecule has 4 aliphatic rings. The Bertz CT molecular complexity index is 1660. The van der Waals surface area contributed by atoms with Gasteiger partial charge in [0.05, 0.1) is 29.5 Å². The van der Waals surface area contributed by atoms with Crippen molar-refractivity contribution in [2.24, 2.45) is 0 Å². The molecule has 2 bridgehead atoms. The smallest absolute Gasteiger partial charge is 0.338 e. The van der Waals surface area contributed by atoms with Crippen molar-refractivity contribution in [3.05, 3.63) is 83.3 Å². The average molecular weight is 595 g/mol. The molecule has 3 fully saturated rings. The van der Waals surface area contributed by atoms with E-state index in [9.17, 15) is 9.90 Å². The average Bonchev–Trinajstić information content (AvgIpc) is 3.55. The molecular formula is C34H38N6O4.